The van der Waals surface area contributed by atoms with E-state index >= 15 is 0 Å². The second-order valence-corrected chi connectivity index (χ2v) is 4.75. The van der Waals surface area contributed by atoms with Crippen LogP contribution in [0.5, 0.6) is 0 Å². The minimum Gasteiger partial charge on any atom is -0.379 e. The van der Waals surface area contributed by atoms with E-state index in [1.807, 2.05) is 0 Å². The normalized spacial score (nSPS) is 35.1. The van der Waals surface area contributed by atoms with Gasteiger partial charge in [-0.05, 0) is 37.5 Å². The Hall–Kier alpha value is -0.340. The second-order valence-electron chi connectivity index (χ2n) is 4.75. The average molecular weight is 210 g/mol. The van der Waals surface area contributed by atoms with Crippen LogP contribution >= 0.6 is 0 Å². The van der Waals surface area contributed by atoms with Gasteiger partial charge in [0.1, 0.15) is 6.10 Å². The third-order valence-electron chi connectivity index (χ3n) is 3.22. The largest absolute Gasteiger partial charge is 0.379 e. The zero-order chi connectivity index (χ0) is 10.5. The minimum absolute atomic E-state index is 0.432. The summed E-state index contributed by atoms with van der Waals surface area (Å²) in [5, 5.41) is 0. The molecule has 1 saturated carbocycles. The first-order chi connectivity index (χ1) is 7.38. The van der Waals surface area contributed by atoms with Crippen molar-refractivity contribution >= 4 is 0 Å². The molecular weight excluding hydrogens is 188 g/mol. The van der Waals surface area contributed by atoms with Crippen molar-refractivity contribution in [3.8, 4) is 0 Å². The fourth-order valence-electron chi connectivity index (χ4n) is 2.24. The fraction of sp³-hybridized carbons (Fsp3) is 0.846. The Morgan fingerprint density at radius 2 is 1.93 bits per heavy atom. The highest BCUT2D eigenvalue weighted by molar-refractivity contribution is 5.06. The van der Waals surface area contributed by atoms with Crippen LogP contribution < -0.4 is 0 Å². The molecule has 1 heterocycles. The van der Waals surface area contributed by atoms with E-state index in [-0.39, 0.29) is 0 Å². The van der Waals surface area contributed by atoms with E-state index in [1.54, 1.807) is 0 Å². The lowest BCUT2D eigenvalue weighted by Gasteiger charge is -1.96. The lowest BCUT2D eigenvalue weighted by molar-refractivity contribution is 0.117. The molecule has 0 spiro atoms. The first kappa shape index (κ1) is 11.2. The van der Waals surface area contributed by atoms with Crippen molar-refractivity contribution in [1.82, 2.24) is 0 Å². The van der Waals surface area contributed by atoms with Gasteiger partial charge in [-0.2, -0.15) is 0 Å². The molecule has 2 aliphatic carbocycles. The van der Waals surface area contributed by atoms with Crippen LogP contribution in [-0.2, 0) is 9.47 Å². The maximum Gasteiger partial charge on any atom is 0.104 e. The molecule has 0 aromatic carbocycles. The Morgan fingerprint density at radius 3 is 2.27 bits per heavy atom. The number of hydrogen-bond acceptors (Lipinski definition) is 2. The third kappa shape index (κ3) is 3.96. The van der Waals surface area contributed by atoms with Crippen LogP contribution in [0.25, 0.3) is 0 Å². The molecule has 3 aliphatic rings. The molecule has 86 valence electrons. The van der Waals surface area contributed by atoms with Gasteiger partial charge in [-0.15, -0.1) is 0 Å². The highest BCUT2D eigenvalue weighted by Crippen LogP contribution is 2.38. The molecule has 0 aromatic heterocycles. The van der Waals surface area contributed by atoms with Crippen LogP contribution in [0.4, 0.5) is 0 Å². The quantitative estimate of drug-likeness (QED) is 0.404. The summed E-state index contributed by atoms with van der Waals surface area (Å²) >= 11 is 0. The van der Waals surface area contributed by atoms with Crippen molar-refractivity contribution in [3.05, 3.63) is 12.2 Å². The van der Waals surface area contributed by atoms with Gasteiger partial charge >= 0.3 is 0 Å². The lowest BCUT2D eigenvalue weighted by Crippen LogP contribution is -2.01. The minimum atomic E-state index is 0.432. The van der Waals surface area contributed by atoms with E-state index in [0.717, 1.165) is 38.1 Å². The van der Waals surface area contributed by atoms with Crippen LogP contribution in [0.3, 0.4) is 0 Å². The van der Waals surface area contributed by atoms with E-state index < -0.39 is 0 Å². The van der Waals surface area contributed by atoms with Gasteiger partial charge in [-0.3, -0.25) is 0 Å². The van der Waals surface area contributed by atoms with E-state index in [9.17, 15) is 0 Å². The monoisotopic (exact) mass is 210 g/mol. The number of fused-ring (bicyclic) bond motifs is 2. The molecule has 3 unspecified atom stereocenters. The van der Waals surface area contributed by atoms with Crippen LogP contribution in [-0.4, -0.2) is 25.9 Å². The third-order valence-corrected chi connectivity index (χ3v) is 3.22. The standard InChI is InChI=1S/C7H10.C6H12O2/c1-2-7-4-3-6(1)5-7;1-2-3-7-4-6-5-8-6/h1-2,6-7H,3-5H2;6H,2-5H2,1H3. The summed E-state index contributed by atoms with van der Waals surface area (Å²) in [7, 11) is 0. The van der Waals surface area contributed by atoms with Gasteiger partial charge < -0.3 is 9.47 Å². The summed E-state index contributed by atoms with van der Waals surface area (Å²) in [4.78, 5) is 0. The Morgan fingerprint density at radius 1 is 1.27 bits per heavy atom. The summed E-state index contributed by atoms with van der Waals surface area (Å²) in [5.41, 5.74) is 0. The summed E-state index contributed by atoms with van der Waals surface area (Å²) < 4.78 is 10.1. The molecule has 15 heavy (non-hydrogen) atoms. The molecule has 0 radical (unpaired) electrons. The number of epoxide rings is 1. The van der Waals surface area contributed by atoms with Gasteiger partial charge in [0.15, 0.2) is 0 Å². The topological polar surface area (TPSA) is 21.8 Å². The maximum absolute atomic E-state index is 5.18. The van der Waals surface area contributed by atoms with Gasteiger partial charge in [0, 0.05) is 6.61 Å². The van der Waals surface area contributed by atoms with Gasteiger partial charge in [0.25, 0.3) is 0 Å². The number of rotatable bonds is 4. The van der Waals surface area contributed by atoms with Crippen LogP contribution in [0.15, 0.2) is 12.2 Å². The van der Waals surface area contributed by atoms with Crippen molar-refractivity contribution in [3.63, 3.8) is 0 Å². The molecule has 1 saturated heterocycles. The Kier molecular flexibility index (Phi) is 4.21. The predicted octanol–water partition coefficient (Wildman–Crippen LogP) is 2.78. The van der Waals surface area contributed by atoms with Crippen molar-refractivity contribution < 1.29 is 9.47 Å². The maximum atomic E-state index is 5.18. The van der Waals surface area contributed by atoms with E-state index in [1.165, 1.54) is 19.3 Å². The lowest BCUT2D eigenvalue weighted by atomic mass is 10.1. The SMILES string of the molecule is C1=CC2CCC1C2.CCCOCC1CO1. The van der Waals surface area contributed by atoms with Gasteiger partial charge in [-0.1, -0.05) is 19.1 Å². The van der Waals surface area contributed by atoms with Gasteiger partial charge in [0.05, 0.1) is 13.2 Å². The summed E-state index contributed by atoms with van der Waals surface area (Å²) in [6, 6.07) is 0. The smallest absolute Gasteiger partial charge is 0.104 e. The zero-order valence-electron chi connectivity index (χ0n) is 9.65. The molecule has 0 amide bonds. The Bertz CT molecular complexity index is 197. The van der Waals surface area contributed by atoms with Gasteiger partial charge in [-0.25, -0.2) is 0 Å². The highest BCUT2D eigenvalue weighted by atomic mass is 16.6. The van der Waals surface area contributed by atoms with Crippen LogP contribution in [0, 0.1) is 11.8 Å². The molecule has 3 atom stereocenters. The van der Waals surface area contributed by atoms with Crippen molar-refractivity contribution in [2.24, 2.45) is 11.8 Å². The second kappa shape index (κ2) is 5.66. The van der Waals surface area contributed by atoms with Crippen molar-refractivity contribution in [2.75, 3.05) is 19.8 Å². The zero-order valence-corrected chi connectivity index (χ0v) is 9.65. The molecule has 2 bridgehead atoms. The first-order valence-corrected chi connectivity index (χ1v) is 6.26. The number of allylic oxidation sites excluding steroid dienone is 2. The Labute approximate surface area is 92.6 Å². The summed E-state index contributed by atoms with van der Waals surface area (Å²) in [6.45, 7) is 4.69. The molecular formula is C13H22O2. The van der Waals surface area contributed by atoms with E-state index in [0.29, 0.717) is 6.10 Å². The first-order valence-electron chi connectivity index (χ1n) is 6.26. The molecule has 3 rings (SSSR count). The molecule has 1 aliphatic heterocycles. The average Bonchev–Trinajstić information content (AvgIpc) is 2.83. The van der Waals surface area contributed by atoms with Crippen molar-refractivity contribution in [2.45, 2.75) is 38.7 Å². The van der Waals surface area contributed by atoms with Crippen LogP contribution in [0.2, 0.25) is 0 Å². The van der Waals surface area contributed by atoms with E-state index in [2.05, 4.69) is 19.1 Å². The van der Waals surface area contributed by atoms with Crippen molar-refractivity contribution in [1.29, 1.82) is 0 Å². The van der Waals surface area contributed by atoms with Crippen LogP contribution in [0.1, 0.15) is 32.6 Å². The molecule has 0 aromatic rings. The molecule has 0 N–H and O–H groups in total. The summed E-state index contributed by atoms with van der Waals surface area (Å²) in [5.74, 6) is 1.98. The summed E-state index contributed by atoms with van der Waals surface area (Å²) in [6.07, 6.45) is 10.7. The fourth-order valence-corrected chi connectivity index (χ4v) is 2.24. The van der Waals surface area contributed by atoms with Gasteiger partial charge in [0.2, 0.25) is 0 Å². The van der Waals surface area contributed by atoms with E-state index in [4.69, 9.17) is 9.47 Å². The number of hydrogen-bond donors (Lipinski definition) is 0. The highest BCUT2D eigenvalue weighted by Gasteiger charge is 2.25. The molecule has 2 heteroatoms. The predicted molar refractivity (Wildman–Crippen MR) is 60.8 cm³/mol. The molecule has 2 nitrogen and oxygen atoms in total. The number of ether oxygens (including phenoxy) is 2. The molecule has 2 fully saturated rings. The Balaban J connectivity index is 0.000000114.